The Balaban J connectivity index is 1.69. The summed E-state index contributed by atoms with van der Waals surface area (Å²) >= 11 is 3.37. The van der Waals surface area contributed by atoms with Gasteiger partial charge in [-0.25, -0.2) is 5.43 Å². The number of anilines is 1. The van der Waals surface area contributed by atoms with Gasteiger partial charge in [-0.1, -0.05) is 22.9 Å². The predicted molar refractivity (Wildman–Crippen MR) is 131 cm³/mol. The van der Waals surface area contributed by atoms with Gasteiger partial charge in [0.15, 0.2) is 6.61 Å². The van der Waals surface area contributed by atoms with Gasteiger partial charge in [-0.15, -0.1) is 0 Å². The summed E-state index contributed by atoms with van der Waals surface area (Å²) in [7, 11) is 0. The number of hydrogen-bond acceptors (Lipinski definition) is 4. The molecule has 2 aromatic carbocycles. The number of carbonyl (C=O) groups excluding carboxylic acids is 1. The SMILES string of the molecule is Cc1cc2c(cc1/C=N\NC(=O)COc1ccc(Br)cc1)[C@H](C)CC(C)(C)N2C(C)C. The summed E-state index contributed by atoms with van der Waals surface area (Å²) in [6, 6.07) is 12.2. The van der Waals surface area contributed by atoms with E-state index in [1.807, 2.05) is 12.1 Å². The second kappa shape index (κ2) is 9.43. The molecule has 0 aliphatic carbocycles. The van der Waals surface area contributed by atoms with E-state index in [0.29, 0.717) is 17.7 Å². The number of benzene rings is 2. The second-order valence-electron chi connectivity index (χ2n) is 9.18. The Kier molecular flexibility index (Phi) is 7.10. The van der Waals surface area contributed by atoms with E-state index in [1.165, 1.54) is 11.3 Å². The minimum absolute atomic E-state index is 0.0857. The third kappa shape index (κ3) is 5.48. The molecule has 5 nitrogen and oxygen atoms in total. The highest BCUT2D eigenvalue weighted by Gasteiger charge is 2.37. The van der Waals surface area contributed by atoms with Gasteiger partial charge in [-0.2, -0.15) is 5.10 Å². The summed E-state index contributed by atoms with van der Waals surface area (Å²) in [6.07, 6.45) is 2.82. The van der Waals surface area contributed by atoms with E-state index in [9.17, 15) is 4.79 Å². The summed E-state index contributed by atoms with van der Waals surface area (Å²) in [5, 5.41) is 4.16. The van der Waals surface area contributed by atoms with Crippen LogP contribution in [0.3, 0.4) is 0 Å². The monoisotopic (exact) mass is 485 g/mol. The molecule has 1 amide bonds. The highest BCUT2D eigenvalue weighted by atomic mass is 79.9. The molecule has 1 atom stereocenters. The number of nitrogens with zero attached hydrogens (tertiary/aromatic N) is 2. The molecule has 0 spiro atoms. The first-order valence-corrected chi connectivity index (χ1v) is 11.5. The van der Waals surface area contributed by atoms with Crippen LogP contribution in [0.4, 0.5) is 5.69 Å². The average Bonchev–Trinajstić information content (AvgIpc) is 2.67. The zero-order chi connectivity index (χ0) is 22.8. The highest BCUT2D eigenvalue weighted by molar-refractivity contribution is 9.10. The van der Waals surface area contributed by atoms with E-state index in [1.54, 1.807) is 18.3 Å². The second-order valence-corrected chi connectivity index (χ2v) is 10.1. The largest absolute Gasteiger partial charge is 0.484 e. The average molecular weight is 486 g/mol. The Hall–Kier alpha value is -2.34. The molecule has 0 saturated heterocycles. The van der Waals surface area contributed by atoms with Crippen molar-refractivity contribution in [2.75, 3.05) is 11.5 Å². The van der Waals surface area contributed by atoms with Crippen LogP contribution in [0.1, 0.15) is 63.6 Å². The maximum absolute atomic E-state index is 12.1. The van der Waals surface area contributed by atoms with Crippen molar-refractivity contribution in [1.29, 1.82) is 0 Å². The Bertz CT molecular complexity index is 967. The Morgan fingerprint density at radius 3 is 2.65 bits per heavy atom. The van der Waals surface area contributed by atoms with E-state index < -0.39 is 0 Å². The number of amides is 1. The van der Waals surface area contributed by atoms with Gasteiger partial charge < -0.3 is 9.64 Å². The zero-order valence-electron chi connectivity index (χ0n) is 19.2. The third-order valence-electron chi connectivity index (χ3n) is 5.76. The van der Waals surface area contributed by atoms with Crippen molar-refractivity contribution in [2.24, 2.45) is 5.10 Å². The molecule has 0 saturated carbocycles. The van der Waals surface area contributed by atoms with Gasteiger partial charge in [0.2, 0.25) is 0 Å². The quantitative estimate of drug-likeness (QED) is 0.416. The molecule has 31 heavy (non-hydrogen) atoms. The molecule has 0 bridgehead atoms. The van der Waals surface area contributed by atoms with Crippen molar-refractivity contribution in [3.8, 4) is 5.75 Å². The molecule has 0 aromatic heterocycles. The number of halogens is 1. The van der Waals surface area contributed by atoms with E-state index in [-0.39, 0.29) is 18.1 Å². The lowest BCUT2D eigenvalue weighted by molar-refractivity contribution is -0.123. The summed E-state index contributed by atoms with van der Waals surface area (Å²) in [5.74, 6) is 0.803. The summed E-state index contributed by atoms with van der Waals surface area (Å²) < 4.78 is 6.44. The summed E-state index contributed by atoms with van der Waals surface area (Å²) in [4.78, 5) is 14.6. The molecule has 0 unspecified atom stereocenters. The van der Waals surface area contributed by atoms with Crippen LogP contribution in [0, 0.1) is 6.92 Å². The minimum Gasteiger partial charge on any atom is -0.484 e. The number of ether oxygens (including phenoxy) is 1. The third-order valence-corrected chi connectivity index (χ3v) is 6.29. The van der Waals surface area contributed by atoms with Gasteiger partial charge in [-0.05, 0) is 100 Å². The Labute approximate surface area is 194 Å². The molecule has 1 N–H and O–H groups in total. The molecule has 3 rings (SSSR count). The van der Waals surface area contributed by atoms with Crippen molar-refractivity contribution in [2.45, 2.75) is 65.5 Å². The van der Waals surface area contributed by atoms with Gasteiger partial charge >= 0.3 is 0 Å². The van der Waals surface area contributed by atoms with Crippen molar-refractivity contribution in [1.82, 2.24) is 5.43 Å². The van der Waals surface area contributed by atoms with Crippen LogP contribution in [0.25, 0.3) is 0 Å². The molecule has 2 aromatic rings. The number of rotatable bonds is 6. The molecule has 0 fully saturated rings. The summed E-state index contributed by atoms with van der Waals surface area (Å²) in [6.45, 7) is 13.4. The van der Waals surface area contributed by atoms with Gasteiger partial charge in [0.1, 0.15) is 5.75 Å². The fraction of sp³-hybridized carbons (Fsp3) is 0.440. The van der Waals surface area contributed by atoms with Crippen LogP contribution in [0.5, 0.6) is 5.75 Å². The number of fused-ring (bicyclic) bond motifs is 1. The van der Waals surface area contributed by atoms with Crippen LogP contribution < -0.4 is 15.1 Å². The van der Waals surface area contributed by atoms with E-state index in [0.717, 1.165) is 22.0 Å². The lowest BCUT2D eigenvalue weighted by Crippen LogP contribution is -2.51. The number of hydrogen-bond donors (Lipinski definition) is 1. The highest BCUT2D eigenvalue weighted by Crippen LogP contribution is 2.45. The van der Waals surface area contributed by atoms with Crippen LogP contribution in [0.15, 0.2) is 46.0 Å². The van der Waals surface area contributed by atoms with Crippen LogP contribution in [-0.4, -0.2) is 30.3 Å². The van der Waals surface area contributed by atoms with Crippen molar-refractivity contribution < 1.29 is 9.53 Å². The van der Waals surface area contributed by atoms with Gasteiger partial charge in [0.25, 0.3) is 5.91 Å². The normalized spacial score (nSPS) is 17.7. The topological polar surface area (TPSA) is 53.9 Å². The maximum Gasteiger partial charge on any atom is 0.277 e. The number of hydrazone groups is 1. The first-order chi connectivity index (χ1) is 14.6. The Morgan fingerprint density at radius 2 is 2.00 bits per heavy atom. The molecular formula is C25H32BrN3O2. The lowest BCUT2D eigenvalue weighted by Gasteiger charge is -2.50. The van der Waals surface area contributed by atoms with Gasteiger partial charge in [0.05, 0.1) is 6.21 Å². The predicted octanol–water partition coefficient (Wildman–Crippen LogP) is 5.79. The fourth-order valence-electron chi connectivity index (χ4n) is 4.62. The lowest BCUT2D eigenvalue weighted by atomic mass is 9.78. The van der Waals surface area contributed by atoms with E-state index in [2.05, 4.69) is 85.0 Å². The smallest absolute Gasteiger partial charge is 0.277 e. The van der Waals surface area contributed by atoms with Crippen molar-refractivity contribution in [3.05, 3.63) is 57.6 Å². The minimum atomic E-state index is -0.295. The first-order valence-electron chi connectivity index (χ1n) is 10.7. The first kappa shape index (κ1) is 23.3. The standard InChI is InChI=1S/C25H32BrN3O2/c1-16(2)29-23-11-17(3)19(12-22(23)18(4)13-25(29,5)6)14-27-28-24(30)15-31-21-9-7-20(26)8-10-21/h7-12,14,16,18H,13,15H2,1-6H3,(H,28,30)/b27-14-/t18-/m1/s1. The van der Waals surface area contributed by atoms with Gasteiger partial charge in [0, 0.05) is 21.7 Å². The van der Waals surface area contributed by atoms with Crippen LogP contribution >= 0.6 is 15.9 Å². The fourth-order valence-corrected chi connectivity index (χ4v) is 4.88. The molecule has 166 valence electrons. The number of carbonyl (C=O) groups is 1. The van der Waals surface area contributed by atoms with Crippen molar-refractivity contribution in [3.63, 3.8) is 0 Å². The number of aryl methyl sites for hydroxylation is 1. The molecular weight excluding hydrogens is 454 g/mol. The Morgan fingerprint density at radius 1 is 1.32 bits per heavy atom. The molecule has 6 heteroatoms. The maximum atomic E-state index is 12.1. The van der Waals surface area contributed by atoms with E-state index >= 15 is 0 Å². The summed E-state index contributed by atoms with van der Waals surface area (Å²) in [5.41, 5.74) is 7.47. The molecule has 0 radical (unpaired) electrons. The van der Waals surface area contributed by atoms with Crippen LogP contribution in [0.2, 0.25) is 0 Å². The molecule has 1 heterocycles. The van der Waals surface area contributed by atoms with E-state index in [4.69, 9.17) is 4.74 Å². The van der Waals surface area contributed by atoms with Crippen molar-refractivity contribution >= 4 is 33.7 Å². The van der Waals surface area contributed by atoms with Gasteiger partial charge in [-0.3, -0.25) is 4.79 Å². The number of nitrogens with one attached hydrogen (secondary N) is 1. The molecule has 1 aliphatic rings. The molecule has 1 aliphatic heterocycles. The van der Waals surface area contributed by atoms with Crippen LogP contribution in [-0.2, 0) is 4.79 Å². The zero-order valence-corrected chi connectivity index (χ0v) is 20.8.